The molecule has 1 saturated carbocycles. The highest BCUT2D eigenvalue weighted by Crippen LogP contribution is 2.38. The van der Waals surface area contributed by atoms with Gasteiger partial charge < -0.3 is 0 Å². The summed E-state index contributed by atoms with van der Waals surface area (Å²) in [4.78, 5) is 14.7. The molecule has 0 radical (unpaired) electrons. The van der Waals surface area contributed by atoms with Crippen LogP contribution < -0.4 is 0 Å². The Bertz CT molecular complexity index is 350. The van der Waals surface area contributed by atoms with E-state index in [4.69, 9.17) is 0 Å². The van der Waals surface area contributed by atoms with E-state index in [-0.39, 0.29) is 0 Å². The van der Waals surface area contributed by atoms with Gasteiger partial charge in [0.25, 0.3) is 0 Å². The lowest BCUT2D eigenvalue weighted by atomic mass is 10.2. The van der Waals surface area contributed by atoms with E-state index in [0.717, 1.165) is 10.8 Å². The molecule has 0 aromatic heterocycles. The summed E-state index contributed by atoms with van der Waals surface area (Å²) >= 11 is 1.93. The van der Waals surface area contributed by atoms with Gasteiger partial charge in [-0.25, -0.2) is 9.79 Å². The van der Waals surface area contributed by atoms with Crippen LogP contribution in [-0.2, 0) is 11.3 Å². The van der Waals surface area contributed by atoms with Gasteiger partial charge in [-0.05, 0) is 30.5 Å². The first kappa shape index (κ1) is 9.50. The highest BCUT2D eigenvalue weighted by molar-refractivity contribution is 8.00. The summed E-state index contributed by atoms with van der Waals surface area (Å²) in [6.07, 6.45) is 4.24. The van der Waals surface area contributed by atoms with Crippen LogP contribution in [0.25, 0.3) is 0 Å². The SMILES string of the molecule is O=C=NCc1ccc(SC2CC2)cc1. The third kappa shape index (κ3) is 2.72. The molecule has 0 unspecified atom stereocenters. The van der Waals surface area contributed by atoms with Crippen molar-refractivity contribution < 1.29 is 4.79 Å². The molecule has 0 atom stereocenters. The standard InChI is InChI=1S/C11H11NOS/c13-8-12-7-9-1-3-10(4-2-9)14-11-5-6-11/h1-4,11H,5-7H2. The monoisotopic (exact) mass is 205 g/mol. The van der Waals surface area contributed by atoms with Gasteiger partial charge in [0.2, 0.25) is 6.08 Å². The summed E-state index contributed by atoms with van der Waals surface area (Å²) in [5, 5.41) is 0.842. The minimum atomic E-state index is 0.442. The van der Waals surface area contributed by atoms with Gasteiger partial charge in [-0.1, -0.05) is 12.1 Å². The molecule has 1 fully saturated rings. The number of hydrogen-bond donors (Lipinski definition) is 0. The fraction of sp³-hybridized carbons (Fsp3) is 0.364. The predicted octanol–water partition coefficient (Wildman–Crippen LogP) is 2.78. The van der Waals surface area contributed by atoms with Crippen LogP contribution in [0.3, 0.4) is 0 Å². The third-order valence-corrected chi connectivity index (χ3v) is 3.43. The molecular weight excluding hydrogens is 194 g/mol. The fourth-order valence-corrected chi connectivity index (χ4v) is 2.23. The van der Waals surface area contributed by atoms with Crippen molar-refractivity contribution in [3.8, 4) is 0 Å². The predicted molar refractivity (Wildman–Crippen MR) is 57.1 cm³/mol. The molecule has 0 bridgehead atoms. The van der Waals surface area contributed by atoms with Gasteiger partial charge in [-0.2, -0.15) is 0 Å². The quantitative estimate of drug-likeness (QED) is 0.558. The van der Waals surface area contributed by atoms with Crippen molar-refractivity contribution in [2.45, 2.75) is 29.5 Å². The Balaban J connectivity index is 1.97. The zero-order chi connectivity index (χ0) is 9.80. The van der Waals surface area contributed by atoms with Crippen LogP contribution >= 0.6 is 11.8 Å². The molecule has 0 saturated heterocycles. The number of benzene rings is 1. The number of thioether (sulfide) groups is 1. The molecule has 2 rings (SSSR count). The summed E-state index contributed by atoms with van der Waals surface area (Å²) in [7, 11) is 0. The maximum absolute atomic E-state index is 9.90. The van der Waals surface area contributed by atoms with E-state index in [1.165, 1.54) is 17.7 Å². The van der Waals surface area contributed by atoms with Gasteiger partial charge in [0.1, 0.15) is 0 Å². The molecule has 0 heterocycles. The second-order valence-corrected chi connectivity index (χ2v) is 4.74. The first-order valence-electron chi connectivity index (χ1n) is 4.68. The van der Waals surface area contributed by atoms with Gasteiger partial charge in [-0.15, -0.1) is 11.8 Å². The van der Waals surface area contributed by atoms with Gasteiger partial charge >= 0.3 is 0 Å². The normalized spacial score (nSPS) is 14.9. The molecule has 1 aromatic carbocycles. The molecule has 0 amide bonds. The molecule has 1 aliphatic carbocycles. The Morgan fingerprint density at radius 3 is 2.64 bits per heavy atom. The largest absolute Gasteiger partial charge is 0.235 e. The van der Waals surface area contributed by atoms with Crippen molar-refractivity contribution in [1.82, 2.24) is 0 Å². The van der Waals surface area contributed by atoms with Crippen molar-refractivity contribution in [2.75, 3.05) is 0 Å². The van der Waals surface area contributed by atoms with Crippen molar-refractivity contribution >= 4 is 17.8 Å². The summed E-state index contributed by atoms with van der Waals surface area (Å²) in [6.45, 7) is 0.442. The van der Waals surface area contributed by atoms with Crippen LogP contribution in [0.1, 0.15) is 18.4 Å². The van der Waals surface area contributed by atoms with Gasteiger partial charge in [0, 0.05) is 10.1 Å². The van der Waals surface area contributed by atoms with Gasteiger partial charge in [0.15, 0.2) is 0 Å². The molecule has 3 heteroatoms. The molecule has 72 valence electrons. The fourth-order valence-electron chi connectivity index (χ4n) is 1.18. The first-order chi connectivity index (χ1) is 6.88. The second-order valence-electron chi connectivity index (χ2n) is 3.37. The van der Waals surface area contributed by atoms with Crippen molar-refractivity contribution in [2.24, 2.45) is 4.99 Å². The summed E-state index contributed by atoms with van der Waals surface area (Å²) < 4.78 is 0. The zero-order valence-corrected chi connectivity index (χ0v) is 8.59. The third-order valence-electron chi connectivity index (χ3n) is 2.08. The molecule has 1 aliphatic rings. The minimum absolute atomic E-state index is 0.442. The Hall–Kier alpha value is -1.05. The van der Waals surface area contributed by atoms with Crippen LogP contribution in [0, 0.1) is 0 Å². The van der Waals surface area contributed by atoms with Crippen molar-refractivity contribution in [1.29, 1.82) is 0 Å². The summed E-state index contributed by atoms with van der Waals surface area (Å²) in [5.74, 6) is 0. The van der Waals surface area contributed by atoms with Crippen LogP contribution in [0.15, 0.2) is 34.2 Å². The average molecular weight is 205 g/mol. The maximum atomic E-state index is 9.90. The van der Waals surface area contributed by atoms with Crippen molar-refractivity contribution in [3.05, 3.63) is 29.8 Å². The number of hydrogen-bond acceptors (Lipinski definition) is 3. The van der Waals surface area contributed by atoms with E-state index in [1.54, 1.807) is 6.08 Å². The average Bonchev–Trinajstić information content (AvgIpc) is 3.01. The van der Waals surface area contributed by atoms with Gasteiger partial charge in [0.05, 0.1) is 6.54 Å². The van der Waals surface area contributed by atoms with E-state index in [1.807, 2.05) is 23.9 Å². The summed E-state index contributed by atoms with van der Waals surface area (Å²) in [5.41, 5.74) is 1.06. The Morgan fingerprint density at radius 2 is 2.07 bits per heavy atom. The van der Waals surface area contributed by atoms with E-state index in [0.29, 0.717) is 6.54 Å². The molecule has 1 aromatic rings. The highest BCUT2D eigenvalue weighted by atomic mass is 32.2. The second kappa shape index (κ2) is 4.45. The van der Waals surface area contributed by atoms with E-state index < -0.39 is 0 Å². The lowest BCUT2D eigenvalue weighted by Crippen LogP contribution is -1.81. The Kier molecular flexibility index (Phi) is 3.02. The van der Waals surface area contributed by atoms with Crippen LogP contribution in [0.4, 0.5) is 0 Å². The van der Waals surface area contributed by atoms with Crippen molar-refractivity contribution in [3.63, 3.8) is 0 Å². The maximum Gasteiger partial charge on any atom is 0.235 e. The smallest absolute Gasteiger partial charge is 0.211 e. The summed E-state index contributed by atoms with van der Waals surface area (Å²) in [6, 6.07) is 8.23. The van der Waals surface area contributed by atoms with E-state index >= 15 is 0 Å². The Labute approximate surface area is 87.4 Å². The van der Waals surface area contributed by atoms with Gasteiger partial charge in [-0.3, -0.25) is 0 Å². The number of carbonyl (C=O) groups excluding carboxylic acids is 1. The molecule has 14 heavy (non-hydrogen) atoms. The van der Waals surface area contributed by atoms with Crippen LogP contribution in [-0.4, -0.2) is 11.3 Å². The molecular formula is C11H11NOS. The minimum Gasteiger partial charge on any atom is -0.211 e. The highest BCUT2D eigenvalue weighted by Gasteiger charge is 2.22. The first-order valence-corrected chi connectivity index (χ1v) is 5.55. The number of aliphatic imine (C=N–C) groups is 1. The number of nitrogens with zero attached hydrogens (tertiary/aromatic N) is 1. The Morgan fingerprint density at radius 1 is 1.36 bits per heavy atom. The van der Waals surface area contributed by atoms with E-state index in [9.17, 15) is 4.79 Å². The van der Waals surface area contributed by atoms with Crippen LogP contribution in [0.2, 0.25) is 0 Å². The number of rotatable bonds is 4. The van der Waals surface area contributed by atoms with Crippen LogP contribution in [0.5, 0.6) is 0 Å². The molecule has 0 aliphatic heterocycles. The zero-order valence-electron chi connectivity index (χ0n) is 7.77. The molecule has 2 nitrogen and oxygen atoms in total. The molecule has 0 spiro atoms. The van der Waals surface area contributed by atoms with E-state index in [2.05, 4.69) is 17.1 Å². The lowest BCUT2D eigenvalue weighted by Gasteiger charge is -2.00. The number of isocyanates is 1. The molecule has 0 N–H and O–H groups in total. The lowest BCUT2D eigenvalue weighted by molar-refractivity contribution is 0.563. The topological polar surface area (TPSA) is 29.4 Å².